The van der Waals surface area contributed by atoms with E-state index in [0.717, 1.165) is 5.69 Å². The molecule has 0 radical (unpaired) electrons. The van der Waals surface area contributed by atoms with Crippen molar-refractivity contribution in [1.82, 2.24) is 9.88 Å². The molecule has 1 N–H and O–H groups in total. The molecule has 0 aliphatic heterocycles. The molecule has 0 fully saturated rings. The van der Waals surface area contributed by atoms with Gasteiger partial charge in [0.25, 0.3) is 0 Å². The summed E-state index contributed by atoms with van der Waals surface area (Å²) in [5.41, 5.74) is 1.10. The van der Waals surface area contributed by atoms with Gasteiger partial charge in [-0.2, -0.15) is 0 Å². The van der Waals surface area contributed by atoms with Gasteiger partial charge < -0.3 is 5.32 Å². The molecule has 1 unspecified atom stereocenters. The van der Waals surface area contributed by atoms with E-state index in [0.29, 0.717) is 6.17 Å². The summed E-state index contributed by atoms with van der Waals surface area (Å²) in [4.78, 5) is 6.06. The van der Waals surface area contributed by atoms with E-state index in [9.17, 15) is 0 Å². The second-order valence-electron chi connectivity index (χ2n) is 3.02. The largest absolute Gasteiger partial charge is 0.370 e. The highest BCUT2D eigenvalue weighted by Gasteiger charge is 2.01. The fourth-order valence-electron chi connectivity index (χ4n) is 0.818. The first kappa shape index (κ1) is 9.00. The van der Waals surface area contributed by atoms with E-state index in [1.807, 2.05) is 26.2 Å². The molecule has 0 aliphatic carbocycles. The molecule has 0 saturated carbocycles. The SMILES string of the molecule is CC(Nc1ccncc1)N(C)C. The van der Waals surface area contributed by atoms with Crippen LogP contribution in [-0.2, 0) is 0 Å². The van der Waals surface area contributed by atoms with E-state index in [1.54, 1.807) is 12.4 Å². The maximum atomic E-state index is 3.94. The van der Waals surface area contributed by atoms with Gasteiger partial charge in [0, 0.05) is 18.1 Å². The third-order valence-electron chi connectivity index (χ3n) is 1.83. The van der Waals surface area contributed by atoms with E-state index >= 15 is 0 Å². The summed E-state index contributed by atoms with van der Waals surface area (Å²) in [6, 6.07) is 3.92. The smallest absolute Gasteiger partial charge is 0.0759 e. The third kappa shape index (κ3) is 2.51. The molecule has 66 valence electrons. The van der Waals surface area contributed by atoms with Gasteiger partial charge in [-0.1, -0.05) is 0 Å². The quantitative estimate of drug-likeness (QED) is 0.686. The van der Waals surface area contributed by atoms with Crippen molar-refractivity contribution in [3.8, 4) is 0 Å². The Bertz CT molecular complexity index is 220. The van der Waals surface area contributed by atoms with Gasteiger partial charge in [-0.25, -0.2) is 0 Å². The van der Waals surface area contributed by atoms with Crippen molar-refractivity contribution < 1.29 is 0 Å². The number of pyridine rings is 1. The van der Waals surface area contributed by atoms with Crippen LogP contribution in [0.2, 0.25) is 0 Å². The number of anilines is 1. The molecule has 0 amide bonds. The molecule has 1 atom stereocenters. The van der Waals surface area contributed by atoms with Crippen LogP contribution in [0, 0.1) is 0 Å². The van der Waals surface area contributed by atoms with E-state index < -0.39 is 0 Å². The van der Waals surface area contributed by atoms with Crippen molar-refractivity contribution >= 4 is 5.69 Å². The molecular formula is C9H15N3. The molecule has 12 heavy (non-hydrogen) atoms. The van der Waals surface area contributed by atoms with E-state index in [2.05, 4.69) is 22.1 Å². The van der Waals surface area contributed by atoms with E-state index in [1.165, 1.54) is 0 Å². The lowest BCUT2D eigenvalue weighted by Crippen LogP contribution is -2.31. The van der Waals surface area contributed by atoms with E-state index in [-0.39, 0.29) is 0 Å². The van der Waals surface area contributed by atoms with Crippen molar-refractivity contribution in [3.05, 3.63) is 24.5 Å². The molecule has 0 spiro atoms. The zero-order valence-corrected chi connectivity index (χ0v) is 7.78. The summed E-state index contributed by atoms with van der Waals surface area (Å²) >= 11 is 0. The van der Waals surface area contributed by atoms with Crippen molar-refractivity contribution in [2.75, 3.05) is 19.4 Å². The number of hydrogen-bond donors (Lipinski definition) is 1. The molecule has 0 saturated heterocycles. The summed E-state index contributed by atoms with van der Waals surface area (Å²) in [6.07, 6.45) is 3.91. The first-order valence-corrected chi connectivity index (χ1v) is 4.03. The topological polar surface area (TPSA) is 28.2 Å². The Morgan fingerprint density at radius 1 is 1.33 bits per heavy atom. The zero-order chi connectivity index (χ0) is 8.97. The highest BCUT2D eigenvalue weighted by atomic mass is 15.2. The van der Waals surface area contributed by atoms with Gasteiger partial charge in [-0.05, 0) is 33.2 Å². The minimum atomic E-state index is 0.340. The molecule has 0 aliphatic rings. The van der Waals surface area contributed by atoms with Gasteiger partial charge >= 0.3 is 0 Å². The number of rotatable bonds is 3. The van der Waals surface area contributed by atoms with Gasteiger partial charge in [0.05, 0.1) is 6.17 Å². The molecule has 0 bridgehead atoms. The normalized spacial score (nSPS) is 13.0. The molecule has 3 nitrogen and oxygen atoms in total. The van der Waals surface area contributed by atoms with Gasteiger partial charge in [-0.15, -0.1) is 0 Å². The highest BCUT2D eigenvalue weighted by molar-refractivity contribution is 5.41. The molecule has 1 aromatic rings. The van der Waals surface area contributed by atoms with Crippen molar-refractivity contribution in [1.29, 1.82) is 0 Å². The standard InChI is InChI=1S/C9H15N3/c1-8(12(2)3)11-9-4-6-10-7-5-9/h4-8H,1-3H3,(H,10,11). The number of hydrogen-bond acceptors (Lipinski definition) is 3. The summed E-state index contributed by atoms with van der Waals surface area (Å²) in [5.74, 6) is 0. The molecule has 1 rings (SSSR count). The number of aromatic nitrogens is 1. The lowest BCUT2D eigenvalue weighted by Gasteiger charge is -2.21. The Hall–Kier alpha value is -1.09. The summed E-state index contributed by atoms with van der Waals surface area (Å²) in [5, 5.41) is 3.33. The average Bonchev–Trinajstić information content (AvgIpc) is 2.06. The van der Waals surface area contributed by atoms with Crippen LogP contribution in [0.15, 0.2) is 24.5 Å². The Morgan fingerprint density at radius 2 is 1.92 bits per heavy atom. The Balaban J connectivity index is 2.53. The second-order valence-corrected chi connectivity index (χ2v) is 3.02. The van der Waals surface area contributed by atoms with Gasteiger partial charge in [-0.3, -0.25) is 9.88 Å². The fourth-order valence-corrected chi connectivity index (χ4v) is 0.818. The first-order valence-electron chi connectivity index (χ1n) is 4.03. The molecule has 1 heterocycles. The second kappa shape index (κ2) is 4.07. The summed E-state index contributed by atoms with van der Waals surface area (Å²) in [6.45, 7) is 2.11. The summed E-state index contributed by atoms with van der Waals surface area (Å²) < 4.78 is 0. The average molecular weight is 165 g/mol. The van der Waals surface area contributed by atoms with Crippen molar-refractivity contribution in [3.63, 3.8) is 0 Å². The third-order valence-corrected chi connectivity index (χ3v) is 1.83. The monoisotopic (exact) mass is 165 g/mol. The molecule has 0 aromatic carbocycles. The van der Waals surface area contributed by atoms with Gasteiger partial charge in [0.15, 0.2) is 0 Å². The van der Waals surface area contributed by atoms with E-state index in [4.69, 9.17) is 0 Å². The van der Waals surface area contributed by atoms with Crippen LogP contribution >= 0.6 is 0 Å². The maximum Gasteiger partial charge on any atom is 0.0759 e. The predicted molar refractivity (Wildman–Crippen MR) is 51.0 cm³/mol. The fraction of sp³-hybridized carbons (Fsp3) is 0.444. The van der Waals surface area contributed by atoms with Crippen LogP contribution < -0.4 is 5.32 Å². The Morgan fingerprint density at radius 3 is 2.42 bits per heavy atom. The molecular weight excluding hydrogens is 150 g/mol. The van der Waals surface area contributed by atoms with Crippen LogP contribution in [0.1, 0.15) is 6.92 Å². The lowest BCUT2D eigenvalue weighted by molar-refractivity contribution is 0.343. The number of nitrogens with one attached hydrogen (secondary N) is 1. The van der Waals surface area contributed by atoms with Crippen LogP contribution in [0.3, 0.4) is 0 Å². The Labute approximate surface area is 73.4 Å². The highest BCUT2D eigenvalue weighted by Crippen LogP contribution is 2.05. The number of nitrogens with zero attached hydrogens (tertiary/aromatic N) is 2. The Kier molecular flexibility index (Phi) is 3.05. The van der Waals surface area contributed by atoms with Crippen LogP contribution in [0.25, 0.3) is 0 Å². The maximum absolute atomic E-state index is 3.94. The predicted octanol–water partition coefficient (Wildman–Crippen LogP) is 1.40. The zero-order valence-electron chi connectivity index (χ0n) is 7.78. The van der Waals surface area contributed by atoms with Gasteiger partial charge in [0.2, 0.25) is 0 Å². The minimum absolute atomic E-state index is 0.340. The minimum Gasteiger partial charge on any atom is -0.370 e. The van der Waals surface area contributed by atoms with Gasteiger partial charge in [0.1, 0.15) is 0 Å². The summed E-state index contributed by atoms with van der Waals surface area (Å²) in [7, 11) is 4.08. The molecule has 3 heteroatoms. The van der Waals surface area contributed by atoms with Crippen molar-refractivity contribution in [2.24, 2.45) is 0 Å². The van der Waals surface area contributed by atoms with Crippen molar-refractivity contribution in [2.45, 2.75) is 13.1 Å². The van der Waals surface area contributed by atoms with Crippen LogP contribution in [0.4, 0.5) is 5.69 Å². The molecule has 1 aromatic heterocycles. The lowest BCUT2D eigenvalue weighted by atomic mass is 10.4. The van der Waals surface area contributed by atoms with Crippen LogP contribution in [0.5, 0.6) is 0 Å². The first-order chi connectivity index (χ1) is 5.70. The van der Waals surface area contributed by atoms with Crippen LogP contribution in [-0.4, -0.2) is 30.1 Å².